The van der Waals surface area contributed by atoms with Crippen LogP contribution in [0.15, 0.2) is 66.9 Å². The number of tetrazole rings is 1. The molecule has 2 aromatic carbocycles. The Morgan fingerprint density at radius 3 is 2.71 bits per heavy atom. The molecule has 1 N–H and O–H groups in total. The van der Waals surface area contributed by atoms with Crippen LogP contribution in [0.2, 0.25) is 0 Å². The average Bonchev–Trinajstić information content (AvgIpc) is 3.27. The monoisotopic (exact) mass is 413 g/mol. The van der Waals surface area contributed by atoms with Crippen LogP contribution in [0.1, 0.15) is 27.2 Å². The lowest BCUT2D eigenvalue weighted by Gasteiger charge is -2.06. The minimum atomic E-state index is -0.991. The summed E-state index contributed by atoms with van der Waals surface area (Å²) in [4.78, 5) is 17.0. The van der Waals surface area contributed by atoms with Crippen LogP contribution < -0.4 is 4.74 Å². The average molecular weight is 413 g/mol. The van der Waals surface area contributed by atoms with Gasteiger partial charge in [0.25, 0.3) is 0 Å². The molecular formula is C23H19N5O3. The Bertz CT molecular complexity index is 1230. The first-order valence-corrected chi connectivity index (χ1v) is 9.50. The van der Waals surface area contributed by atoms with Crippen molar-refractivity contribution >= 4 is 18.1 Å². The van der Waals surface area contributed by atoms with Crippen molar-refractivity contribution in [1.29, 1.82) is 0 Å². The van der Waals surface area contributed by atoms with Gasteiger partial charge in [-0.15, -0.1) is 10.2 Å². The SMILES string of the molecule is COc1cc(-c2nnn(Cc3ccccc3C(=O)O)n2)ccc1/C=C\c1ccccn1. The van der Waals surface area contributed by atoms with Crippen LogP contribution in [0.5, 0.6) is 5.75 Å². The molecule has 0 aliphatic carbocycles. The van der Waals surface area contributed by atoms with Crippen molar-refractivity contribution in [3.05, 3.63) is 89.2 Å². The summed E-state index contributed by atoms with van der Waals surface area (Å²) in [5.41, 5.74) is 3.29. The summed E-state index contributed by atoms with van der Waals surface area (Å²) < 4.78 is 5.52. The van der Waals surface area contributed by atoms with Crippen molar-refractivity contribution in [2.45, 2.75) is 6.54 Å². The topological polar surface area (TPSA) is 103 Å². The number of rotatable bonds is 7. The number of carboxylic acids is 1. The first-order chi connectivity index (χ1) is 15.1. The predicted molar refractivity (Wildman–Crippen MR) is 115 cm³/mol. The number of ether oxygens (including phenoxy) is 1. The van der Waals surface area contributed by atoms with Gasteiger partial charge in [-0.25, -0.2) is 4.79 Å². The Kier molecular flexibility index (Phi) is 5.79. The highest BCUT2D eigenvalue weighted by atomic mass is 16.5. The number of methoxy groups -OCH3 is 1. The standard InChI is InChI=1S/C23H19N5O3/c1-31-21-14-17(10-9-16(21)11-12-19-7-4-5-13-24-19)22-25-27-28(26-22)15-18-6-2-3-8-20(18)23(29)30/h2-14H,15H2,1H3,(H,29,30)/b12-11-. The van der Waals surface area contributed by atoms with Gasteiger partial charge in [0, 0.05) is 17.3 Å². The van der Waals surface area contributed by atoms with Crippen LogP contribution in [0.3, 0.4) is 0 Å². The number of nitrogens with zero attached hydrogens (tertiary/aromatic N) is 5. The molecule has 0 aliphatic rings. The Balaban J connectivity index is 1.56. The van der Waals surface area contributed by atoms with Crippen molar-refractivity contribution in [2.75, 3.05) is 7.11 Å². The van der Waals surface area contributed by atoms with Gasteiger partial charge in [0.2, 0.25) is 5.82 Å². The van der Waals surface area contributed by atoms with Crippen molar-refractivity contribution in [3.63, 3.8) is 0 Å². The Labute approximate surface area is 178 Å². The molecule has 2 heterocycles. The lowest BCUT2D eigenvalue weighted by atomic mass is 10.1. The van der Waals surface area contributed by atoms with Crippen molar-refractivity contribution < 1.29 is 14.6 Å². The third-order valence-corrected chi connectivity index (χ3v) is 4.63. The summed E-state index contributed by atoms with van der Waals surface area (Å²) in [5.74, 6) is 0.0960. The zero-order valence-electron chi connectivity index (χ0n) is 16.7. The molecule has 0 atom stereocenters. The first kappa shape index (κ1) is 20.0. The second kappa shape index (κ2) is 9.00. The summed E-state index contributed by atoms with van der Waals surface area (Å²) in [5, 5.41) is 21.9. The normalized spacial score (nSPS) is 11.0. The lowest BCUT2D eigenvalue weighted by molar-refractivity contribution is 0.0695. The molecule has 4 rings (SSSR count). The van der Waals surface area contributed by atoms with E-state index in [-0.39, 0.29) is 12.1 Å². The second-order valence-corrected chi connectivity index (χ2v) is 6.65. The van der Waals surface area contributed by atoms with E-state index in [2.05, 4.69) is 20.4 Å². The maximum Gasteiger partial charge on any atom is 0.336 e. The van der Waals surface area contributed by atoms with Crippen molar-refractivity contribution in [3.8, 4) is 17.1 Å². The molecule has 8 heteroatoms. The third-order valence-electron chi connectivity index (χ3n) is 4.63. The Morgan fingerprint density at radius 2 is 1.94 bits per heavy atom. The number of aromatic carboxylic acids is 1. The van der Waals surface area contributed by atoms with Crippen LogP contribution in [0, 0.1) is 0 Å². The van der Waals surface area contributed by atoms with E-state index in [1.54, 1.807) is 37.6 Å². The smallest absolute Gasteiger partial charge is 0.336 e. The summed E-state index contributed by atoms with van der Waals surface area (Å²) >= 11 is 0. The van der Waals surface area contributed by atoms with E-state index in [0.717, 1.165) is 16.8 Å². The molecule has 4 aromatic rings. The van der Waals surface area contributed by atoms with E-state index in [1.165, 1.54) is 4.80 Å². The molecule has 0 aliphatic heterocycles. The quantitative estimate of drug-likeness (QED) is 0.493. The molecule has 0 amide bonds. The van der Waals surface area contributed by atoms with Gasteiger partial charge < -0.3 is 9.84 Å². The molecule has 8 nitrogen and oxygen atoms in total. The number of carboxylic acid groups (broad SMARTS) is 1. The van der Waals surface area contributed by atoms with Crippen molar-refractivity contribution in [1.82, 2.24) is 25.2 Å². The number of hydrogen-bond acceptors (Lipinski definition) is 6. The third kappa shape index (κ3) is 4.64. The van der Waals surface area contributed by atoms with Crippen LogP contribution >= 0.6 is 0 Å². The van der Waals surface area contributed by atoms with Crippen LogP contribution in [-0.2, 0) is 6.54 Å². The van der Waals surface area contributed by atoms with E-state index < -0.39 is 5.97 Å². The minimum absolute atomic E-state index is 0.206. The van der Waals surface area contributed by atoms with Crippen LogP contribution in [-0.4, -0.2) is 43.4 Å². The lowest BCUT2D eigenvalue weighted by Crippen LogP contribution is -2.09. The number of aromatic nitrogens is 5. The zero-order chi connectivity index (χ0) is 21.6. The molecule has 154 valence electrons. The predicted octanol–water partition coefficient (Wildman–Crippen LogP) is 3.66. The number of pyridine rings is 1. The molecule has 0 unspecified atom stereocenters. The van der Waals surface area contributed by atoms with E-state index in [0.29, 0.717) is 17.1 Å². The van der Waals surface area contributed by atoms with Gasteiger partial charge >= 0.3 is 5.97 Å². The highest BCUT2D eigenvalue weighted by molar-refractivity contribution is 5.89. The maximum absolute atomic E-state index is 11.4. The molecular weight excluding hydrogens is 394 g/mol. The van der Waals surface area contributed by atoms with Crippen LogP contribution in [0.25, 0.3) is 23.5 Å². The van der Waals surface area contributed by atoms with Gasteiger partial charge in [-0.3, -0.25) is 4.98 Å². The molecule has 0 spiro atoms. The van der Waals surface area contributed by atoms with Crippen LogP contribution in [0.4, 0.5) is 0 Å². The van der Waals surface area contributed by atoms with Gasteiger partial charge in [0.05, 0.1) is 24.9 Å². The summed E-state index contributed by atoms with van der Waals surface area (Å²) in [7, 11) is 1.60. The maximum atomic E-state index is 11.4. The molecule has 0 saturated heterocycles. The van der Waals surface area contributed by atoms with Gasteiger partial charge in [0.1, 0.15) is 5.75 Å². The fraction of sp³-hybridized carbons (Fsp3) is 0.0870. The van der Waals surface area contributed by atoms with E-state index in [1.807, 2.05) is 48.6 Å². The van der Waals surface area contributed by atoms with Gasteiger partial charge in [-0.2, -0.15) is 4.80 Å². The molecule has 0 radical (unpaired) electrons. The number of hydrogen-bond donors (Lipinski definition) is 1. The Morgan fingerprint density at radius 1 is 1.10 bits per heavy atom. The number of carbonyl (C=O) groups is 1. The molecule has 0 saturated carbocycles. The largest absolute Gasteiger partial charge is 0.496 e. The fourth-order valence-electron chi connectivity index (χ4n) is 3.08. The van der Waals surface area contributed by atoms with E-state index in [4.69, 9.17) is 4.74 Å². The summed E-state index contributed by atoms with van der Waals surface area (Å²) in [6.45, 7) is 0.206. The minimum Gasteiger partial charge on any atom is -0.496 e. The number of benzene rings is 2. The molecule has 31 heavy (non-hydrogen) atoms. The van der Waals surface area contributed by atoms with Gasteiger partial charge in [-0.05, 0) is 47.2 Å². The van der Waals surface area contributed by atoms with Gasteiger partial charge in [0.15, 0.2) is 0 Å². The highest BCUT2D eigenvalue weighted by Gasteiger charge is 2.13. The molecule has 0 bridgehead atoms. The second-order valence-electron chi connectivity index (χ2n) is 6.65. The summed E-state index contributed by atoms with van der Waals surface area (Å²) in [6.07, 6.45) is 5.58. The van der Waals surface area contributed by atoms with E-state index >= 15 is 0 Å². The first-order valence-electron chi connectivity index (χ1n) is 9.50. The van der Waals surface area contributed by atoms with Crippen molar-refractivity contribution in [2.24, 2.45) is 0 Å². The molecule has 2 aromatic heterocycles. The van der Waals surface area contributed by atoms with E-state index in [9.17, 15) is 9.90 Å². The Hall–Kier alpha value is -4.33. The summed E-state index contributed by atoms with van der Waals surface area (Å²) in [6, 6.07) is 18.1. The van der Waals surface area contributed by atoms with Gasteiger partial charge in [-0.1, -0.05) is 36.4 Å². The molecule has 0 fully saturated rings. The highest BCUT2D eigenvalue weighted by Crippen LogP contribution is 2.26. The fourth-order valence-corrected chi connectivity index (χ4v) is 3.08. The zero-order valence-corrected chi connectivity index (χ0v) is 16.7.